The molecule has 0 saturated heterocycles. The summed E-state index contributed by atoms with van der Waals surface area (Å²) >= 11 is 0. The molecule has 0 radical (unpaired) electrons. The maximum absolute atomic E-state index is 10.2. The van der Waals surface area contributed by atoms with Crippen molar-refractivity contribution < 1.29 is 19.2 Å². The van der Waals surface area contributed by atoms with Crippen LogP contribution in [0.15, 0.2) is 41.0 Å². The van der Waals surface area contributed by atoms with Crippen molar-refractivity contribution in [2.24, 2.45) is 5.73 Å². The van der Waals surface area contributed by atoms with Gasteiger partial charge in [0.1, 0.15) is 22.9 Å². The van der Waals surface area contributed by atoms with E-state index in [0.29, 0.717) is 34.8 Å². The standard InChI is InChI=1S/C25H29N7O4/c1-5-32-18-13-19(35-22(16(26)14-34-4)15-9-7-6-8-10-15)28-17(11-12-25(2,3)33)20(18)29-24(32)21-23(27)31-36-30-21/h6-10,13,16,22,33H,5,14,26H2,1-4H3,(H2,27,31)/t16-,22+/m1/s1. The molecule has 4 rings (SSSR count). The molecule has 36 heavy (non-hydrogen) atoms. The summed E-state index contributed by atoms with van der Waals surface area (Å²) in [4.78, 5) is 9.34. The zero-order valence-corrected chi connectivity index (χ0v) is 20.6. The number of imidazole rings is 1. The van der Waals surface area contributed by atoms with Crippen LogP contribution in [0.25, 0.3) is 22.6 Å². The third-order valence-corrected chi connectivity index (χ3v) is 5.37. The van der Waals surface area contributed by atoms with Crippen LogP contribution in [0.5, 0.6) is 5.88 Å². The molecular weight excluding hydrogens is 462 g/mol. The van der Waals surface area contributed by atoms with E-state index in [-0.39, 0.29) is 18.3 Å². The Morgan fingerprint density at radius 3 is 2.56 bits per heavy atom. The summed E-state index contributed by atoms with van der Waals surface area (Å²) in [7, 11) is 1.59. The molecule has 4 aromatic rings. The number of nitrogen functional groups attached to an aromatic ring is 1. The zero-order chi connectivity index (χ0) is 25.9. The maximum atomic E-state index is 10.2. The number of ether oxygens (including phenoxy) is 2. The first-order valence-electron chi connectivity index (χ1n) is 11.4. The molecule has 188 valence electrons. The van der Waals surface area contributed by atoms with E-state index < -0.39 is 17.7 Å². The second-order valence-electron chi connectivity index (χ2n) is 8.73. The molecule has 0 unspecified atom stereocenters. The van der Waals surface area contributed by atoms with E-state index in [4.69, 9.17) is 30.6 Å². The first-order chi connectivity index (χ1) is 17.2. The minimum Gasteiger partial charge on any atom is -0.468 e. The summed E-state index contributed by atoms with van der Waals surface area (Å²) in [5, 5.41) is 17.8. The predicted octanol–water partition coefficient (Wildman–Crippen LogP) is 2.30. The quantitative estimate of drug-likeness (QED) is 0.312. The number of hydrogen-bond donors (Lipinski definition) is 3. The van der Waals surface area contributed by atoms with E-state index in [1.54, 1.807) is 27.0 Å². The van der Waals surface area contributed by atoms with Crippen LogP contribution in [-0.4, -0.2) is 55.3 Å². The minimum atomic E-state index is -1.24. The van der Waals surface area contributed by atoms with Crippen LogP contribution in [0, 0.1) is 11.8 Å². The number of nitrogens with two attached hydrogens (primary N) is 2. The van der Waals surface area contributed by atoms with Crippen molar-refractivity contribution in [2.45, 2.75) is 45.1 Å². The fourth-order valence-corrected chi connectivity index (χ4v) is 3.76. The van der Waals surface area contributed by atoms with Crippen molar-refractivity contribution in [3.8, 4) is 29.2 Å². The maximum Gasteiger partial charge on any atom is 0.217 e. The number of aryl methyl sites for hydroxylation is 1. The number of nitrogens with zero attached hydrogens (tertiary/aromatic N) is 5. The molecule has 3 heterocycles. The molecule has 5 N–H and O–H groups in total. The van der Waals surface area contributed by atoms with E-state index in [1.807, 2.05) is 41.8 Å². The van der Waals surface area contributed by atoms with Gasteiger partial charge in [-0.1, -0.05) is 36.3 Å². The summed E-state index contributed by atoms with van der Waals surface area (Å²) in [6.45, 7) is 5.95. The highest BCUT2D eigenvalue weighted by Crippen LogP contribution is 2.31. The molecule has 0 bridgehead atoms. The fourth-order valence-electron chi connectivity index (χ4n) is 3.76. The molecule has 0 aliphatic heterocycles. The molecule has 0 spiro atoms. The van der Waals surface area contributed by atoms with Crippen molar-refractivity contribution in [1.82, 2.24) is 24.8 Å². The number of pyridine rings is 1. The van der Waals surface area contributed by atoms with E-state index in [1.165, 1.54) is 0 Å². The average molecular weight is 492 g/mol. The number of rotatable bonds is 8. The molecule has 1 aromatic carbocycles. The van der Waals surface area contributed by atoms with Crippen LogP contribution < -0.4 is 16.2 Å². The lowest BCUT2D eigenvalue weighted by Gasteiger charge is -2.24. The van der Waals surface area contributed by atoms with Gasteiger partial charge >= 0.3 is 0 Å². The molecule has 0 aliphatic carbocycles. The molecule has 0 aliphatic rings. The number of aliphatic hydroxyl groups is 1. The molecule has 0 amide bonds. The lowest BCUT2D eigenvalue weighted by atomic mass is 10.0. The monoisotopic (exact) mass is 491 g/mol. The van der Waals surface area contributed by atoms with Gasteiger partial charge in [0.25, 0.3) is 0 Å². The predicted molar refractivity (Wildman–Crippen MR) is 134 cm³/mol. The van der Waals surface area contributed by atoms with Gasteiger partial charge in [-0.25, -0.2) is 14.6 Å². The third kappa shape index (κ3) is 5.31. The van der Waals surface area contributed by atoms with Gasteiger partial charge in [0, 0.05) is 19.7 Å². The van der Waals surface area contributed by atoms with Crippen LogP contribution in [0.4, 0.5) is 5.82 Å². The number of hydrogen-bond acceptors (Lipinski definition) is 10. The molecule has 11 nitrogen and oxygen atoms in total. The average Bonchev–Trinajstić information content (AvgIpc) is 3.43. The Morgan fingerprint density at radius 1 is 1.19 bits per heavy atom. The SMILES string of the molecule is CCn1c(-c2nonc2N)nc2c(C#CC(C)(C)O)nc(O[C@@H](c3ccccc3)[C@H](N)COC)cc21. The van der Waals surface area contributed by atoms with Gasteiger partial charge < -0.3 is 30.6 Å². The van der Waals surface area contributed by atoms with Crippen molar-refractivity contribution in [3.63, 3.8) is 0 Å². The number of methoxy groups -OCH3 is 1. The second kappa shape index (κ2) is 10.3. The normalized spacial score (nSPS) is 13.3. The van der Waals surface area contributed by atoms with E-state index in [2.05, 4.69) is 27.1 Å². The van der Waals surface area contributed by atoms with Crippen LogP contribution in [0.1, 0.15) is 38.1 Å². The van der Waals surface area contributed by atoms with Gasteiger partial charge in [-0.3, -0.25) is 0 Å². The van der Waals surface area contributed by atoms with Gasteiger partial charge in [0.15, 0.2) is 17.3 Å². The number of aromatic nitrogens is 5. The van der Waals surface area contributed by atoms with E-state index >= 15 is 0 Å². The largest absolute Gasteiger partial charge is 0.468 e. The Morgan fingerprint density at radius 2 is 1.94 bits per heavy atom. The Hall–Kier alpha value is -3.98. The van der Waals surface area contributed by atoms with Crippen molar-refractivity contribution >= 4 is 16.9 Å². The smallest absolute Gasteiger partial charge is 0.217 e. The number of benzene rings is 1. The molecule has 0 fully saturated rings. The van der Waals surface area contributed by atoms with Crippen molar-refractivity contribution in [2.75, 3.05) is 19.5 Å². The Labute approximate surface area is 208 Å². The molecule has 11 heteroatoms. The van der Waals surface area contributed by atoms with Crippen LogP contribution in [0.3, 0.4) is 0 Å². The lowest BCUT2D eigenvalue weighted by Crippen LogP contribution is -2.36. The number of fused-ring (bicyclic) bond motifs is 1. The zero-order valence-electron chi connectivity index (χ0n) is 20.6. The fraction of sp³-hybridized carbons (Fsp3) is 0.360. The molecule has 3 aromatic heterocycles. The summed E-state index contributed by atoms with van der Waals surface area (Å²) in [5.41, 5.74) is 13.8. The molecule has 2 atom stereocenters. The van der Waals surface area contributed by atoms with Crippen molar-refractivity contribution in [1.29, 1.82) is 0 Å². The highest BCUT2D eigenvalue weighted by Gasteiger charge is 2.25. The Balaban J connectivity index is 1.90. The topological polar surface area (TPSA) is 160 Å². The van der Waals surface area contributed by atoms with E-state index in [0.717, 1.165) is 5.56 Å². The van der Waals surface area contributed by atoms with Gasteiger partial charge in [0.05, 0.1) is 18.2 Å². The van der Waals surface area contributed by atoms with E-state index in [9.17, 15) is 5.11 Å². The Bertz CT molecular complexity index is 1400. The van der Waals surface area contributed by atoms with Gasteiger partial charge in [-0.2, -0.15) is 0 Å². The summed E-state index contributed by atoms with van der Waals surface area (Å²) in [6.07, 6.45) is -0.543. The summed E-state index contributed by atoms with van der Waals surface area (Å²) < 4.78 is 18.3. The second-order valence-corrected chi connectivity index (χ2v) is 8.73. The summed E-state index contributed by atoms with van der Waals surface area (Å²) in [5.74, 6) is 6.60. The first-order valence-corrected chi connectivity index (χ1v) is 11.4. The van der Waals surface area contributed by atoms with Gasteiger partial charge in [0.2, 0.25) is 5.88 Å². The van der Waals surface area contributed by atoms with Crippen LogP contribution in [-0.2, 0) is 11.3 Å². The van der Waals surface area contributed by atoms with Gasteiger partial charge in [-0.15, -0.1) is 0 Å². The minimum absolute atomic E-state index is 0.114. The van der Waals surface area contributed by atoms with Gasteiger partial charge in [-0.05, 0) is 42.6 Å². The lowest BCUT2D eigenvalue weighted by molar-refractivity contribution is 0.0997. The van der Waals surface area contributed by atoms with Crippen molar-refractivity contribution in [3.05, 3.63) is 47.7 Å². The Kier molecular flexibility index (Phi) is 7.21. The highest BCUT2D eigenvalue weighted by atomic mass is 16.6. The first kappa shape index (κ1) is 25.1. The van der Waals surface area contributed by atoms with Crippen LogP contribution >= 0.6 is 0 Å². The number of anilines is 1. The van der Waals surface area contributed by atoms with Crippen LogP contribution in [0.2, 0.25) is 0 Å². The third-order valence-electron chi connectivity index (χ3n) is 5.37. The highest BCUT2D eigenvalue weighted by molar-refractivity contribution is 5.86. The molecule has 0 saturated carbocycles. The summed E-state index contributed by atoms with van der Waals surface area (Å²) in [6, 6.07) is 10.9. The molecular formula is C25H29N7O4.